The standard InChI is InChI=1S/C27H31N5O2S/c28-27-26-25(29-18-30-27)22(13-32(26)19-34-15-20-7-3-1-4-8-20)11-31-12-23(24(33)14-31)17-35-16-21-9-5-2-6-10-21/h1-10,13,18,23-24,33H,11-12,14-17,19H2,(H2,28,29,30)/t23-,24-/m1/s1. The number of fused-ring (bicyclic) bond motifs is 1. The Bertz CT molecular complexity index is 1230. The zero-order chi connectivity index (χ0) is 24.0. The van der Waals surface area contributed by atoms with E-state index in [1.165, 1.54) is 11.9 Å². The largest absolute Gasteiger partial charge is 0.391 e. The number of nitrogen functional groups attached to an aromatic ring is 1. The predicted octanol–water partition coefficient (Wildman–Crippen LogP) is 3.91. The van der Waals surface area contributed by atoms with Crippen LogP contribution in [-0.4, -0.2) is 49.5 Å². The number of aliphatic hydroxyl groups is 1. The summed E-state index contributed by atoms with van der Waals surface area (Å²) in [6.45, 7) is 3.11. The summed E-state index contributed by atoms with van der Waals surface area (Å²) < 4.78 is 7.95. The zero-order valence-corrected chi connectivity index (χ0v) is 20.5. The molecule has 3 heterocycles. The monoisotopic (exact) mass is 489 g/mol. The molecular formula is C27H31N5O2S. The fourth-order valence-electron chi connectivity index (χ4n) is 4.66. The van der Waals surface area contributed by atoms with Gasteiger partial charge in [-0.05, 0) is 11.1 Å². The molecule has 0 saturated carbocycles. The first-order chi connectivity index (χ1) is 17.2. The van der Waals surface area contributed by atoms with Crippen molar-refractivity contribution in [3.63, 3.8) is 0 Å². The molecule has 2 aromatic heterocycles. The van der Waals surface area contributed by atoms with Gasteiger partial charge in [-0.25, -0.2) is 9.97 Å². The van der Waals surface area contributed by atoms with Crippen molar-refractivity contribution in [1.82, 2.24) is 19.4 Å². The van der Waals surface area contributed by atoms with E-state index in [1.54, 1.807) is 0 Å². The Morgan fingerprint density at radius 3 is 2.51 bits per heavy atom. The average molecular weight is 490 g/mol. The van der Waals surface area contributed by atoms with Gasteiger partial charge < -0.3 is 20.1 Å². The Morgan fingerprint density at radius 1 is 1.00 bits per heavy atom. The third kappa shape index (κ3) is 5.85. The lowest BCUT2D eigenvalue weighted by atomic mass is 10.1. The van der Waals surface area contributed by atoms with E-state index in [-0.39, 0.29) is 12.0 Å². The van der Waals surface area contributed by atoms with Crippen LogP contribution in [0.4, 0.5) is 5.82 Å². The van der Waals surface area contributed by atoms with E-state index in [0.29, 0.717) is 32.2 Å². The maximum Gasteiger partial charge on any atom is 0.151 e. The molecule has 0 unspecified atom stereocenters. The van der Waals surface area contributed by atoms with Crippen molar-refractivity contribution in [2.75, 3.05) is 24.6 Å². The van der Waals surface area contributed by atoms with Crippen LogP contribution in [-0.2, 0) is 30.4 Å². The van der Waals surface area contributed by atoms with Crippen molar-refractivity contribution in [2.45, 2.75) is 31.7 Å². The molecule has 0 amide bonds. The fraction of sp³-hybridized carbons (Fsp3) is 0.333. The lowest BCUT2D eigenvalue weighted by molar-refractivity contribution is 0.0666. The summed E-state index contributed by atoms with van der Waals surface area (Å²) in [5.74, 6) is 2.61. The highest BCUT2D eigenvalue weighted by Gasteiger charge is 2.31. The predicted molar refractivity (Wildman–Crippen MR) is 141 cm³/mol. The van der Waals surface area contributed by atoms with Crippen LogP contribution < -0.4 is 5.73 Å². The fourth-order valence-corrected chi connectivity index (χ4v) is 5.83. The normalized spacial score (nSPS) is 18.4. The summed E-state index contributed by atoms with van der Waals surface area (Å²) in [6, 6.07) is 20.6. The second-order valence-electron chi connectivity index (χ2n) is 9.07. The number of hydrogen-bond acceptors (Lipinski definition) is 7. The molecule has 4 aromatic rings. The topological polar surface area (TPSA) is 89.4 Å². The van der Waals surface area contributed by atoms with Crippen LogP contribution in [0.1, 0.15) is 16.7 Å². The van der Waals surface area contributed by atoms with Crippen molar-refractivity contribution in [1.29, 1.82) is 0 Å². The SMILES string of the molecule is Nc1ncnc2c(CN3C[C@H](CSCc4ccccc4)[C@H](O)C3)cn(COCc3ccccc3)c12. The van der Waals surface area contributed by atoms with E-state index in [0.717, 1.165) is 40.2 Å². The molecule has 1 fully saturated rings. The van der Waals surface area contributed by atoms with Crippen LogP contribution in [0.2, 0.25) is 0 Å². The average Bonchev–Trinajstić information content (AvgIpc) is 3.41. The molecule has 0 spiro atoms. The molecule has 0 radical (unpaired) electrons. The van der Waals surface area contributed by atoms with Gasteiger partial charge in [0.15, 0.2) is 5.82 Å². The van der Waals surface area contributed by atoms with E-state index >= 15 is 0 Å². The van der Waals surface area contributed by atoms with Crippen molar-refractivity contribution < 1.29 is 9.84 Å². The smallest absolute Gasteiger partial charge is 0.151 e. The van der Waals surface area contributed by atoms with E-state index in [1.807, 2.05) is 52.7 Å². The van der Waals surface area contributed by atoms with Crippen LogP contribution in [0.25, 0.3) is 11.0 Å². The molecule has 3 N–H and O–H groups in total. The van der Waals surface area contributed by atoms with Gasteiger partial charge in [-0.3, -0.25) is 4.90 Å². The van der Waals surface area contributed by atoms with Gasteiger partial charge in [-0.1, -0.05) is 60.7 Å². The number of benzene rings is 2. The van der Waals surface area contributed by atoms with Crippen LogP contribution in [0.5, 0.6) is 0 Å². The first kappa shape index (κ1) is 23.8. The van der Waals surface area contributed by atoms with Crippen molar-refractivity contribution in [3.8, 4) is 0 Å². The molecule has 1 aliphatic rings. The summed E-state index contributed by atoms with van der Waals surface area (Å²) in [5, 5.41) is 10.7. The third-order valence-electron chi connectivity index (χ3n) is 6.42. The molecule has 1 aliphatic heterocycles. The summed E-state index contributed by atoms with van der Waals surface area (Å²) in [5.41, 5.74) is 11.4. The lowest BCUT2D eigenvalue weighted by Crippen LogP contribution is -2.21. The van der Waals surface area contributed by atoms with Gasteiger partial charge in [0, 0.05) is 48.8 Å². The summed E-state index contributed by atoms with van der Waals surface area (Å²) in [7, 11) is 0. The second-order valence-corrected chi connectivity index (χ2v) is 10.1. The van der Waals surface area contributed by atoms with Crippen molar-refractivity contribution in [2.24, 2.45) is 5.92 Å². The number of nitrogens with zero attached hydrogens (tertiary/aromatic N) is 4. The van der Waals surface area contributed by atoms with Crippen LogP contribution in [0.3, 0.4) is 0 Å². The second kappa shape index (κ2) is 11.2. The number of likely N-dealkylation sites (tertiary alicyclic amines) is 1. The molecule has 0 aliphatic carbocycles. The van der Waals surface area contributed by atoms with E-state index < -0.39 is 0 Å². The third-order valence-corrected chi connectivity index (χ3v) is 7.62. The molecule has 2 aromatic carbocycles. The lowest BCUT2D eigenvalue weighted by Gasteiger charge is -2.15. The first-order valence-corrected chi connectivity index (χ1v) is 13.0. The van der Waals surface area contributed by atoms with Gasteiger partial charge in [-0.2, -0.15) is 11.8 Å². The number of rotatable bonds is 10. The van der Waals surface area contributed by atoms with Crippen LogP contribution in [0.15, 0.2) is 73.2 Å². The van der Waals surface area contributed by atoms with Gasteiger partial charge in [-0.15, -0.1) is 0 Å². The number of hydrogen-bond donors (Lipinski definition) is 2. The molecular weight excluding hydrogens is 458 g/mol. The molecule has 1 saturated heterocycles. The van der Waals surface area contributed by atoms with E-state index in [2.05, 4.69) is 45.3 Å². The number of ether oxygens (including phenoxy) is 1. The maximum absolute atomic E-state index is 10.7. The molecule has 5 rings (SSSR count). The molecule has 7 nitrogen and oxygen atoms in total. The highest BCUT2D eigenvalue weighted by Crippen LogP contribution is 2.28. The minimum Gasteiger partial charge on any atom is -0.391 e. The Hall–Kier alpha value is -2.91. The summed E-state index contributed by atoms with van der Waals surface area (Å²) >= 11 is 1.89. The summed E-state index contributed by atoms with van der Waals surface area (Å²) in [4.78, 5) is 11.0. The van der Waals surface area contributed by atoms with Crippen LogP contribution in [0, 0.1) is 5.92 Å². The Morgan fingerprint density at radius 2 is 1.74 bits per heavy atom. The van der Waals surface area contributed by atoms with Gasteiger partial charge in [0.1, 0.15) is 18.6 Å². The number of anilines is 1. The maximum atomic E-state index is 10.7. The molecule has 35 heavy (non-hydrogen) atoms. The van der Waals surface area contributed by atoms with Crippen molar-refractivity contribution >= 4 is 28.6 Å². The van der Waals surface area contributed by atoms with E-state index in [9.17, 15) is 5.11 Å². The number of β-amino-alcohol motifs (C(OH)–C–C–N with tert-alkyl or cyclic N) is 1. The number of aliphatic hydroxyl groups excluding tert-OH is 1. The van der Waals surface area contributed by atoms with E-state index in [4.69, 9.17) is 10.5 Å². The Labute approximate surface area is 209 Å². The van der Waals surface area contributed by atoms with Gasteiger partial charge in [0.05, 0.1) is 18.2 Å². The van der Waals surface area contributed by atoms with Crippen molar-refractivity contribution in [3.05, 3.63) is 89.9 Å². The molecule has 182 valence electrons. The zero-order valence-electron chi connectivity index (χ0n) is 19.7. The minimum atomic E-state index is -0.319. The van der Waals surface area contributed by atoms with Crippen LogP contribution >= 0.6 is 11.8 Å². The molecule has 0 bridgehead atoms. The van der Waals surface area contributed by atoms with Gasteiger partial charge in [0.25, 0.3) is 0 Å². The first-order valence-electron chi connectivity index (χ1n) is 11.9. The van der Waals surface area contributed by atoms with Gasteiger partial charge >= 0.3 is 0 Å². The highest BCUT2D eigenvalue weighted by molar-refractivity contribution is 7.98. The minimum absolute atomic E-state index is 0.256. The van der Waals surface area contributed by atoms with Gasteiger partial charge in [0.2, 0.25) is 0 Å². The molecule has 2 atom stereocenters. The Balaban J connectivity index is 1.22. The molecule has 8 heteroatoms. The number of nitrogens with two attached hydrogens (primary N) is 1. The Kier molecular flexibility index (Phi) is 7.63. The summed E-state index contributed by atoms with van der Waals surface area (Å²) in [6.07, 6.45) is 3.25. The number of aromatic nitrogens is 3. The highest BCUT2D eigenvalue weighted by atomic mass is 32.2. The quantitative estimate of drug-likeness (QED) is 0.349. The number of thioether (sulfide) groups is 1.